The average Bonchev–Trinajstić information content (AvgIpc) is 2.98. The van der Waals surface area contributed by atoms with Gasteiger partial charge in [-0.25, -0.2) is 0 Å². The predicted molar refractivity (Wildman–Crippen MR) is 159 cm³/mol. The summed E-state index contributed by atoms with van der Waals surface area (Å²) in [5.41, 5.74) is 7.55. The zero-order valence-corrected chi connectivity index (χ0v) is 20.7. The molecule has 0 heterocycles. The maximum absolute atomic E-state index is 10.9. The number of nitro groups is 1. The van der Waals surface area contributed by atoms with Gasteiger partial charge in [0.1, 0.15) is 0 Å². The van der Waals surface area contributed by atoms with Crippen LogP contribution in [0.4, 0.5) is 22.7 Å². The minimum absolute atomic E-state index is 0.0905. The second-order valence-electron chi connectivity index (χ2n) is 8.78. The van der Waals surface area contributed by atoms with E-state index in [1.54, 1.807) is 12.1 Å². The van der Waals surface area contributed by atoms with Crippen LogP contribution in [0.3, 0.4) is 0 Å². The minimum atomic E-state index is -0.389. The number of benzene rings is 5. The Kier molecular flexibility index (Phi) is 7.52. The van der Waals surface area contributed by atoms with Crippen molar-refractivity contribution < 1.29 is 4.92 Å². The van der Waals surface area contributed by atoms with E-state index in [9.17, 15) is 10.1 Å². The highest BCUT2D eigenvalue weighted by Gasteiger charge is 2.12. The van der Waals surface area contributed by atoms with Crippen LogP contribution in [0.25, 0.3) is 24.3 Å². The molecule has 0 aliphatic heterocycles. The van der Waals surface area contributed by atoms with Gasteiger partial charge in [-0.1, -0.05) is 97.1 Å². The van der Waals surface area contributed by atoms with Gasteiger partial charge in [0.2, 0.25) is 0 Å². The van der Waals surface area contributed by atoms with Crippen LogP contribution in [0.15, 0.2) is 133 Å². The van der Waals surface area contributed by atoms with Gasteiger partial charge in [-0.3, -0.25) is 10.1 Å². The predicted octanol–water partition coefficient (Wildman–Crippen LogP) is 9.41. The van der Waals surface area contributed by atoms with E-state index in [4.69, 9.17) is 0 Å². The van der Waals surface area contributed by atoms with E-state index in [1.807, 2.05) is 48.6 Å². The van der Waals surface area contributed by atoms with Crippen LogP contribution in [0, 0.1) is 10.1 Å². The number of nitrogens with zero attached hydrogens (tertiary/aromatic N) is 2. The molecule has 0 aliphatic rings. The van der Waals surface area contributed by atoms with Gasteiger partial charge in [0.05, 0.1) is 4.92 Å². The largest absolute Gasteiger partial charge is 0.311 e. The highest BCUT2D eigenvalue weighted by molar-refractivity contribution is 5.79. The van der Waals surface area contributed by atoms with Gasteiger partial charge < -0.3 is 4.90 Å². The minimum Gasteiger partial charge on any atom is -0.311 e. The number of rotatable bonds is 8. The molecule has 5 aromatic rings. The highest BCUT2D eigenvalue weighted by Crippen LogP contribution is 2.34. The molecule has 38 heavy (non-hydrogen) atoms. The molecule has 0 amide bonds. The maximum atomic E-state index is 10.9. The molecule has 5 aromatic carbocycles. The van der Waals surface area contributed by atoms with Crippen molar-refractivity contribution in [2.24, 2.45) is 0 Å². The van der Waals surface area contributed by atoms with Crippen LogP contribution >= 0.6 is 0 Å². The number of hydrogen-bond acceptors (Lipinski definition) is 3. The smallest absolute Gasteiger partial charge is 0.269 e. The average molecular weight is 495 g/mol. The van der Waals surface area contributed by atoms with Crippen LogP contribution in [-0.2, 0) is 0 Å². The molecule has 0 radical (unpaired) electrons. The van der Waals surface area contributed by atoms with Crippen LogP contribution in [0.1, 0.15) is 22.3 Å². The first-order chi connectivity index (χ1) is 18.7. The van der Waals surface area contributed by atoms with E-state index in [1.165, 1.54) is 17.7 Å². The van der Waals surface area contributed by atoms with Gasteiger partial charge in [-0.15, -0.1) is 0 Å². The molecule has 0 atom stereocenters. The van der Waals surface area contributed by atoms with E-state index in [-0.39, 0.29) is 10.6 Å². The Morgan fingerprint density at radius 3 is 1.21 bits per heavy atom. The van der Waals surface area contributed by atoms with E-state index < -0.39 is 0 Å². The van der Waals surface area contributed by atoms with Crippen molar-refractivity contribution in [1.82, 2.24) is 0 Å². The third-order valence-corrected chi connectivity index (χ3v) is 6.16. The molecular formula is C34H26N2O2. The zero-order chi connectivity index (χ0) is 26.2. The summed E-state index contributed by atoms with van der Waals surface area (Å²) in [7, 11) is 0. The molecule has 0 unspecified atom stereocenters. The molecule has 0 bridgehead atoms. The van der Waals surface area contributed by atoms with E-state index in [0.29, 0.717) is 0 Å². The molecule has 0 N–H and O–H groups in total. The normalized spacial score (nSPS) is 11.2. The number of non-ortho nitro benzene ring substituents is 1. The summed E-state index contributed by atoms with van der Waals surface area (Å²) in [6, 6.07) is 44.0. The first kappa shape index (κ1) is 24.5. The monoisotopic (exact) mass is 494 g/mol. The topological polar surface area (TPSA) is 46.4 Å². The van der Waals surface area contributed by atoms with Crippen molar-refractivity contribution in [2.75, 3.05) is 4.90 Å². The van der Waals surface area contributed by atoms with Gasteiger partial charge in [-0.2, -0.15) is 0 Å². The standard InChI is InChI=1S/C34H26N2O2/c37-36(38)34-25-19-30(20-26-34)14-13-29-17-23-33(24-18-29)35(31-9-5-2-6-10-31)32-21-15-28(16-22-32)12-11-27-7-3-1-4-8-27/h1-26H/b12-11+,14-13+. The molecule has 5 rings (SSSR count). The molecule has 0 fully saturated rings. The zero-order valence-electron chi connectivity index (χ0n) is 20.7. The Hall–Kier alpha value is -5.22. The highest BCUT2D eigenvalue weighted by atomic mass is 16.6. The second-order valence-corrected chi connectivity index (χ2v) is 8.78. The van der Waals surface area contributed by atoms with Crippen LogP contribution in [0.5, 0.6) is 0 Å². The molecule has 0 saturated carbocycles. The van der Waals surface area contributed by atoms with Crippen molar-refractivity contribution in [2.45, 2.75) is 0 Å². The Balaban J connectivity index is 1.37. The van der Waals surface area contributed by atoms with E-state index in [2.05, 4.69) is 89.8 Å². The van der Waals surface area contributed by atoms with Crippen molar-refractivity contribution in [3.8, 4) is 0 Å². The Morgan fingerprint density at radius 2 is 0.789 bits per heavy atom. The van der Waals surface area contributed by atoms with Crippen LogP contribution in [-0.4, -0.2) is 4.92 Å². The lowest BCUT2D eigenvalue weighted by Gasteiger charge is -2.25. The van der Waals surface area contributed by atoms with Crippen molar-refractivity contribution in [3.63, 3.8) is 0 Å². The van der Waals surface area contributed by atoms with E-state index >= 15 is 0 Å². The van der Waals surface area contributed by atoms with Gasteiger partial charge in [0.15, 0.2) is 0 Å². The van der Waals surface area contributed by atoms with Gasteiger partial charge in [0.25, 0.3) is 5.69 Å². The molecule has 0 aliphatic carbocycles. The summed E-state index contributed by atoms with van der Waals surface area (Å²) in [4.78, 5) is 12.7. The first-order valence-corrected chi connectivity index (χ1v) is 12.4. The quantitative estimate of drug-likeness (QED) is 0.123. The maximum Gasteiger partial charge on any atom is 0.269 e. The lowest BCUT2D eigenvalue weighted by molar-refractivity contribution is -0.384. The number of nitro benzene ring substituents is 1. The number of para-hydroxylation sites is 1. The van der Waals surface area contributed by atoms with Gasteiger partial charge in [-0.05, 0) is 70.8 Å². The molecule has 4 heteroatoms. The lowest BCUT2D eigenvalue weighted by atomic mass is 10.1. The van der Waals surface area contributed by atoms with Crippen molar-refractivity contribution in [1.29, 1.82) is 0 Å². The van der Waals surface area contributed by atoms with Crippen LogP contribution < -0.4 is 4.90 Å². The fourth-order valence-electron chi connectivity index (χ4n) is 4.15. The van der Waals surface area contributed by atoms with Gasteiger partial charge >= 0.3 is 0 Å². The number of hydrogen-bond donors (Lipinski definition) is 0. The summed E-state index contributed by atoms with van der Waals surface area (Å²) in [5, 5.41) is 10.9. The first-order valence-electron chi connectivity index (χ1n) is 12.4. The Morgan fingerprint density at radius 1 is 0.447 bits per heavy atom. The van der Waals surface area contributed by atoms with Gasteiger partial charge in [0, 0.05) is 29.2 Å². The summed E-state index contributed by atoms with van der Waals surface area (Å²) >= 11 is 0. The fraction of sp³-hybridized carbons (Fsp3) is 0. The third-order valence-electron chi connectivity index (χ3n) is 6.16. The summed E-state index contributed by atoms with van der Waals surface area (Å²) in [5.74, 6) is 0. The third kappa shape index (κ3) is 6.12. The van der Waals surface area contributed by atoms with E-state index in [0.717, 1.165) is 33.8 Å². The molecule has 4 nitrogen and oxygen atoms in total. The van der Waals surface area contributed by atoms with Crippen LogP contribution in [0.2, 0.25) is 0 Å². The lowest BCUT2D eigenvalue weighted by Crippen LogP contribution is -2.09. The molecule has 0 spiro atoms. The molecular weight excluding hydrogens is 468 g/mol. The summed E-state index contributed by atoms with van der Waals surface area (Å²) in [6.45, 7) is 0. The fourth-order valence-corrected chi connectivity index (χ4v) is 4.15. The number of anilines is 3. The molecule has 184 valence electrons. The molecule has 0 aromatic heterocycles. The van der Waals surface area contributed by atoms with Crippen molar-refractivity contribution >= 4 is 47.1 Å². The Bertz CT molecular complexity index is 1540. The van der Waals surface area contributed by atoms with Crippen molar-refractivity contribution in [3.05, 3.63) is 166 Å². The molecule has 0 saturated heterocycles. The summed E-state index contributed by atoms with van der Waals surface area (Å²) < 4.78 is 0. The summed E-state index contributed by atoms with van der Waals surface area (Å²) in [6.07, 6.45) is 8.20. The second kappa shape index (κ2) is 11.7. The SMILES string of the molecule is O=[N+]([O-])c1ccc(/C=C/c2ccc(N(c3ccccc3)c3ccc(/C=C/c4ccccc4)cc3)cc2)cc1. The Labute approximate surface area is 222 Å².